The summed E-state index contributed by atoms with van der Waals surface area (Å²) in [5.41, 5.74) is 4.23. The van der Waals surface area contributed by atoms with E-state index in [1.54, 1.807) is 5.32 Å². The number of rotatable bonds is 10. The second-order valence-corrected chi connectivity index (χ2v) is 7.97. The molecule has 0 spiro atoms. The molecule has 1 aliphatic rings. The van der Waals surface area contributed by atoms with Crippen LogP contribution < -0.4 is 10.6 Å². The van der Waals surface area contributed by atoms with Gasteiger partial charge in [0.25, 0.3) is 0 Å². The Morgan fingerprint density at radius 3 is 2.11 bits per heavy atom. The molecule has 188 valence electrons. The summed E-state index contributed by atoms with van der Waals surface area (Å²) in [4.78, 5) is 35.0. The third-order valence-electron chi connectivity index (χ3n) is 5.69. The number of carboxylic acid groups (broad SMARTS) is 1. The average Bonchev–Trinajstić information content (AvgIpc) is 3.13. The van der Waals surface area contributed by atoms with E-state index < -0.39 is 42.7 Å². The van der Waals surface area contributed by atoms with Gasteiger partial charge in [0.05, 0.1) is 6.42 Å². The first-order chi connectivity index (χ1) is 16.6. The van der Waals surface area contributed by atoms with Crippen LogP contribution in [-0.2, 0) is 19.1 Å². The maximum absolute atomic E-state index is 13.0. The van der Waals surface area contributed by atoms with Crippen LogP contribution in [0.25, 0.3) is 11.1 Å². The number of ether oxygens (including phenoxy) is 2. The molecule has 8 nitrogen and oxygen atoms in total. The minimum atomic E-state index is -4.94. The lowest BCUT2D eigenvalue weighted by Crippen LogP contribution is -2.50. The van der Waals surface area contributed by atoms with Crippen molar-refractivity contribution in [2.24, 2.45) is 0 Å². The van der Waals surface area contributed by atoms with Crippen LogP contribution in [-0.4, -0.2) is 61.7 Å². The molecule has 11 heteroatoms. The van der Waals surface area contributed by atoms with Crippen LogP contribution in [0.4, 0.5) is 18.0 Å². The number of aliphatic carboxylic acids is 1. The second kappa shape index (κ2) is 11.2. The van der Waals surface area contributed by atoms with E-state index in [-0.39, 0.29) is 25.5 Å². The van der Waals surface area contributed by atoms with Crippen LogP contribution in [0.1, 0.15) is 29.9 Å². The third kappa shape index (κ3) is 6.50. The van der Waals surface area contributed by atoms with Gasteiger partial charge in [0.1, 0.15) is 18.8 Å². The molecular weight excluding hydrogens is 469 g/mol. The molecule has 0 fully saturated rings. The highest BCUT2D eigenvalue weighted by molar-refractivity contribution is 5.82. The van der Waals surface area contributed by atoms with Crippen molar-refractivity contribution in [1.82, 2.24) is 10.6 Å². The van der Waals surface area contributed by atoms with E-state index >= 15 is 0 Å². The first-order valence-electron chi connectivity index (χ1n) is 10.8. The lowest BCUT2D eigenvalue weighted by Gasteiger charge is -2.23. The van der Waals surface area contributed by atoms with Gasteiger partial charge in [0.15, 0.2) is 0 Å². The van der Waals surface area contributed by atoms with Crippen molar-refractivity contribution in [3.8, 4) is 11.1 Å². The number of carboxylic acids is 1. The molecule has 0 aromatic heterocycles. The SMILES string of the molecule is COC(CCNC(=O)OCC1c2ccccc2-c2ccccc21)C(=O)NC(CC(=O)O)C(F)(F)F. The number of hydrogen-bond donors (Lipinski definition) is 3. The van der Waals surface area contributed by atoms with Gasteiger partial charge in [-0.15, -0.1) is 0 Å². The van der Waals surface area contributed by atoms with E-state index in [0.717, 1.165) is 29.4 Å². The van der Waals surface area contributed by atoms with Gasteiger partial charge in [-0.3, -0.25) is 9.59 Å². The molecule has 0 bridgehead atoms. The standard InChI is InChI=1S/C24H25F3N2O6/c1-34-19(22(32)29-20(12-21(30)31)24(25,26)27)10-11-28-23(33)35-13-18-16-8-4-2-6-14(16)15-7-3-5-9-17(15)18/h2-9,18-20H,10-13H2,1H3,(H,28,33)(H,29,32)(H,30,31). The van der Waals surface area contributed by atoms with Crippen LogP contribution in [0.3, 0.4) is 0 Å². The minimum Gasteiger partial charge on any atom is -0.481 e. The van der Waals surface area contributed by atoms with Gasteiger partial charge in [-0.2, -0.15) is 13.2 Å². The molecule has 3 rings (SSSR count). The summed E-state index contributed by atoms with van der Waals surface area (Å²) in [6.45, 7) is -0.0330. The highest BCUT2D eigenvalue weighted by Gasteiger charge is 2.42. The largest absolute Gasteiger partial charge is 0.481 e. The molecule has 0 aliphatic heterocycles. The van der Waals surface area contributed by atoms with Crippen LogP contribution in [0, 0.1) is 0 Å². The van der Waals surface area contributed by atoms with Gasteiger partial charge in [-0.05, 0) is 22.3 Å². The molecule has 2 atom stereocenters. The smallest absolute Gasteiger partial charge is 0.409 e. The van der Waals surface area contributed by atoms with Crippen molar-refractivity contribution in [1.29, 1.82) is 0 Å². The fraction of sp³-hybridized carbons (Fsp3) is 0.375. The monoisotopic (exact) mass is 494 g/mol. The number of hydrogen-bond acceptors (Lipinski definition) is 5. The van der Waals surface area contributed by atoms with Gasteiger partial charge in [-0.1, -0.05) is 48.5 Å². The Kier molecular flexibility index (Phi) is 8.34. The molecule has 2 aromatic carbocycles. The molecule has 0 heterocycles. The summed E-state index contributed by atoms with van der Waals surface area (Å²) in [5.74, 6) is -2.98. The van der Waals surface area contributed by atoms with Gasteiger partial charge in [-0.25, -0.2) is 4.79 Å². The fourth-order valence-electron chi connectivity index (χ4n) is 4.00. The molecule has 35 heavy (non-hydrogen) atoms. The Morgan fingerprint density at radius 1 is 1.03 bits per heavy atom. The van der Waals surface area contributed by atoms with Crippen LogP contribution in [0.15, 0.2) is 48.5 Å². The minimum absolute atomic E-state index is 0.0799. The number of halogens is 3. The van der Waals surface area contributed by atoms with Gasteiger partial charge < -0.3 is 25.2 Å². The number of carbonyl (C=O) groups excluding carboxylic acids is 2. The number of nitrogens with one attached hydrogen (secondary N) is 2. The highest BCUT2D eigenvalue weighted by atomic mass is 19.4. The predicted octanol–water partition coefficient (Wildman–Crippen LogP) is 3.45. The lowest BCUT2D eigenvalue weighted by atomic mass is 9.98. The molecule has 1 aliphatic carbocycles. The Bertz CT molecular complexity index is 1030. The van der Waals surface area contributed by atoms with E-state index in [2.05, 4.69) is 5.32 Å². The molecule has 0 radical (unpaired) electrons. The molecule has 0 saturated heterocycles. The van der Waals surface area contributed by atoms with E-state index in [9.17, 15) is 27.6 Å². The summed E-state index contributed by atoms with van der Waals surface area (Å²) < 4.78 is 49.2. The van der Waals surface area contributed by atoms with E-state index in [1.807, 2.05) is 48.5 Å². The number of benzene rings is 2. The summed E-state index contributed by atoms with van der Waals surface area (Å²) in [6, 6.07) is 13.1. The van der Waals surface area contributed by atoms with Crippen molar-refractivity contribution >= 4 is 18.0 Å². The molecular formula is C24H25F3N2O6. The Labute approximate surface area is 199 Å². The first-order valence-corrected chi connectivity index (χ1v) is 10.8. The number of alkyl carbamates (subject to hydrolysis) is 1. The maximum atomic E-state index is 13.0. The molecule has 3 N–H and O–H groups in total. The average molecular weight is 494 g/mol. The maximum Gasteiger partial charge on any atom is 0.409 e. The molecule has 2 aromatic rings. The quantitative estimate of drug-likeness (QED) is 0.466. The Balaban J connectivity index is 1.50. The summed E-state index contributed by atoms with van der Waals surface area (Å²) in [7, 11) is 1.12. The van der Waals surface area contributed by atoms with Crippen LogP contribution in [0.5, 0.6) is 0 Å². The zero-order valence-electron chi connectivity index (χ0n) is 18.8. The van der Waals surface area contributed by atoms with Crippen molar-refractivity contribution in [3.63, 3.8) is 0 Å². The normalized spacial score (nSPS) is 14.4. The fourth-order valence-corrected chi connectivity index (χ4v) is 4.00. The Hall–Kier alpha value is -3.60. The van der Waals surface area contributed by atoms with Crippen LogP contribution in [0.2, 0.25) is 0 Å². The van der Waals surface area contributed by atoms with Gasteiger partial charge >= 0.3 is 18.2 Å². The van der Waals surface area contributed by atoms with E-state index in [4.69, 9.17) is 14.6 Å². The zero-order valence-corrected chi connectivity index (χ0v) is 18.8. The third-order valence-corrected chi connectivity index (χ3v) is 5.69. The molecule has 0 saturated carbocycles. The number of carbonyl (C=O) groups is 3. The van der Waals surface area contributed by atoms with Crippen LogP contribution >= 0.6 is 0 Å². The number of methoxy groups -OCH3 is 1. The van der Waals surface area contributed by atoms with Gasteiger partial charge in [0, 0.05) is 26.0 Å². The topological polar surface area (TPSA) is 114 Å². The number of amides is 2. The Morgan fingerprint density at radius 2 is 1.60 bits per heavy atom. The lowest BCUT2D eigenvalue weighted by molar-refractivity contribution is -0.172. The van der Waals surface area contributed by atoms with E-state index in [0.29, 0.717) is 0 Å². The molecule has 2 amide bonds. The second-order valence-electron chi connectivity index (χ2n) is 7.97. The van der Waals surface area contributed by atoms with Crippen molar-refractivity contribution in [3.05, 3.63) is 59.7 Å². The summed E-state index contributed by atoms with van der Waals surface area (Å²) >= 11 is 0. The molecule has 2 unspecified atom stereocenters. The van der Waals surface area contributed by atoms with Crippen molar-refractivity contribution in [2.45, 2.75) is 37.1 Å². The number of fused-ring (bicyclic) bond motifs is 3. The summed E-state index contributed by atoms with van der Waals surface area (Å²) in [6.07, 6.45) is -8.48. The number of alkyl halides is 3. The highest BCUT2D eigenvalue weighted by Crippen LogP contribution is 2.44. The van der Waals surface area contributed by atoms with E-state index in [1.165, 1.54) is 0 Å². The zero-order chi connectivity index (χ0) is 25.6. The van der Waals surface area contributed by atoms with Crippen molar-refractivity contribution in [2.75, 3.05) is 20.3 Å². The van der Waals surface area contributed by atoms with Crippen molar-refractivity contribution < 1.29 is 42.1 Å². The summed E-state index contributed by atoms with van der Waals surface area (Å²) in [5, 5.41) is 12.7. The van der Waals surface area contributed by atoms with Gasteiger partial charge in [0.2, 0.25) is 5.91 Å². The first kappa shape index (κ1) is 26.0. The predicted molar refractivity (Wildman–Crippen MR) is 119 cm³/mol.